The van der Waals surface area contributed by atoms with Crippen LogP contribution in [-0.4, -0.2) is 19.8 Å². The fraction of sp³-hybridized carbons (Fsp3) is 0.600. The number of halogens is 2. The quantitative estimate of drug-likeness (QED) is 0.592. The fourth-order valence-corrected chi connectivity index (χ4v) is 3.19. The van der Waals surface area contributed by atoms with Gasteiger partial charge in [0.05, 0.1) is 0 Å². The first-order valence-corrected chi connectivity index (χ1v) is 8.49. The molecular weight excluding hydrogens is 370 g/mol. The molecule has 1 N–H and O–H groups in total. The van der Waals surface area contributed by atoms with E-state index in [1.165, 1.54) is 12.0 Å². The molecule has 2 nitrogen and oxygen atoms in total. The van der Waals surface area contributed by atoms with Crippen LogP contribution < -0.4 is 5.32 Å². The highest BCUT2D eigenvalue weighted by molar-refractivity contribution is 9.11. The van der Waals surface area contributed by atoms with E-state index >= 15 is 0 Å². The van der Waals surface area contributed by atoms with Crippen LogP contribution >= 0.6 is 31.9 Å². The van der Waals surface area contributed by atoms with E-state index in [1.54, 1.807) is 0 Å². The Morgan fingerprint density at radius 3 is 2.63 bits per heavy atom. The van der Waals surface area contributed by atoms with E-state index in [0.717, 1.165) is 41.5 Å². The molecule has 0 aliphatic carbocycles. The van der Waals surface area contributed by atoms with Crippen LogP contribution in [0.2, 0.25) is 0 Å². The number of unbranched alkanes of at least 4 members (excludes halogenated alkanes) is 1. The van der Waals surface area contributed by atoms with Crippen LogP contribution in [0.3, 0.4) is 0 Å². The maximum Gasteiger partial charge on any atom is 0.0478 e. The summed E-state index contributed by atoms with van der Waals surface area (Å²) in [6.07, 6.45) is 3.42. The van der Waals surface area contributed by atoms with E-state index in [2.05, 4.69) is 69.2 Å². The molecular formula is C15H23Br2NO. The molecule has 1 unspecified atom stereocenters. The fourth-order valence-electron chi connectivity index (χ4n) is 1.80. The number of rotatable bonds is 9. The van der Waals surface area contributed by atoms with Crippen molar-refractivity contribution in [3.05, 3.63) is 32.7 Å². The molecule has 0 saturated heterocycles. The second-order valence-corrected chi connectivity index (χ2v) is 6.43. The summed E-state index contributed by atoms with van der Waals surface area (Å²) >= 11 is 7.08. The van der Waals surface area contributed by atoms with Gasteiger partial charge in [-0.25, -0.2) is 0 Å². The Morgan fingerprint density at radius 1 is 1.21 bits per heavy atom. The number of ether oxygens (including phenoxy) is 1. The van der Waals surface area contributed by atoms with Crippen LogP contribution in [0.1, 0.15) is 44.7 Å². The zero-order valence-electron chi connectivity index (χ0n) is 11.7. The van der Waals surface area contributed by atoms with Crippen LogP contribution in [0.25, 0.3) is 0 Å². The minimum absolute atomic E-state index is 0.345. The molecule has 0 heterocycles. The normalized spacial score (nSPS) is 12.6. The summed E-state index contributed by atoms with van der Waals surface area (Å²) in [7, 11) is 0. The average molecular weight is 393 g/mol. The molecule has 0 amide bonds. The van der Waals surface area contributed by atoms with Crippen LogP contribution in [0.15, 0.2) is 27.1 Å². The summed E-state index contributed by atoms with van der Waals surface area (Å²) < 4.78 is 7.78. The van der Waals surface area contributed by atoms with E-state index in [1.807, 2.05) is 0 Å². The van der Waals surface area contributed by atoms with Gasteiger partial charge in [-0.3, -0.25) is 0 Å². The molecule has 0 radical (unpaired) electrons. The van der Waals surface area contributed by atoms with E-state index in [9.17, 15) is 0 Å². The van der Waals surface area contributed by atoms with Gasteiger partial charge in [0.25, 0.3) is 0 Å². The molecule has 4 heteroatoms. The minimum Gasteiger partial charge on any atom is -0.381 e. The monoisotopic (exact) mass is 391 g/mol. The lowest BCUT2D eigenvalue weighted by atomic mass is 10.1. The molecule has 0 aliphatic heterocycles. The summed E-state index contributed by atoms with van der Waals surface area (Å²) in [5.74, 6) is 0. The number of nitrogens with one attached hydrogen (secondary N) is 1. The van der Waals surface area contributed by atoms with Gasteiger partial charge in [0.1, 0.15) is 0 Å². The summed E-state index contributed by atoms with van der Waals surface area (Å²) in [6, 6.07) is 6.65. The molecule has 0 aliphatic rings. The topological polar surface area (TPSA) is 21.3 Å². The highest BCUT2D eigenvalue weighted by atomic mass is 79.9. The van der Waals surface area contributed by atoms with Gasteiger partial charge < -0.3 is 10.1 Å². The Hall–Kier alpha value is 0.1000. The van der Waals surface area contributed by atoms with Crippen molar-refractivity contribution in [2.24, 2.45) is 0 Å². The smallest absolute Gasteiger partial charge is 0.0478 e. The van der Waals surface area contributed by atoms with Crippen LogP contribution in [-0.2, 0) is 4.74 Å². The third-order valence-corrected chi connectivity index (χ3v) is 4.17. The zero-order valence-corrected chi connectivity index (χ0v) is 14.9. The predicted octanol–water partition coefficient (Wildman–Crippen LogP) is 5.07. The lowest BCUT2D eigenvalue weighted by molar-refractivity contribution is 0.128. The zero-order chi connectivity index (χ0) is 14.1. The molecule has 0 saturated carbocycles. The van der Waals surface area contributed by atoms with Crippen LogP contribution in [0.4, 0.5) is 0 Å². The van der Waals surface area contributed by atoms with Crippen LogP contribution in [0, 0.1) is 0 Å². The molecule has 0 spiro atoms. The first-order valence-electron chi connectivity index (χ1n) is 6.91. The first-order chi connectivity index (χ1) is 9.15. The molecule has 19 heavy (non-hydrogen) atoms. The minimum atomic E-state index is 0.345. The van der Waals surface area contributed by atoms with Gasteiger partial charge >= 0.3 is 0 Å². The number of hydrogen-bond donors (Lipinski definition) is 1. The third-order valence-electron chi connectivity index (χ3n) is 2.99. The average Bonchev–Trinajstić information content (AvgIpc) is 2.37. The van der Waals surface area contributed by atoms with Crippen molar-refractivity contribution in [3.8, 4) is 0 Å². The van der Waals surface area contributed by atoms with Gasteiger partial charge in [-0.05, 0) is 44.0 Å². The van der Waals surface area contributed by atoms with Gasteiger partial charge in [-0.1, -0.05) is 51.3 Å². The standard InChI is InChI=1S/C15H23Br2NO/c1-3-4-9-19-10-5-8-18-12(2)14-7-6-13(16)11-15(14)17/h6-7,11-12,18H,3-5,8-10H2,1-2H3. The highest BCUT2D eigenvalue weighted by Gasteiger charge is 2.08. The van der Waals surface area contributed by atoms with Crippen molar-refractivity contribution in [2.75, 3.05) is 19.8 Å². The van der Waals surface area contributed by atoms with Gasteiger partial charge in [-0.15, -0.1) is 0 Å². The predicted molar refractivity (Wildman–Crippen MR) is 88.6 cm³/mol. The number of benzene rings is 1. The van der Waals surface area contributed by atoms with Crippen molar-refractivity contribution in [3.63, 3.8) is 0 Å². The Morgan fingerprint density at radius 2 is 1.95 bits per heavy atom. The van der Waals surface area contributed by atoms with Crippen LogP contribution in [0.5, 0.6) is 0 Å². The molecule has 1 aromatic rings. The SMILES string of the molecule is CCCCOCCCNC(C)c1ccc(Br)cc1Br. The summed E-state index contributed by atoms with van der Waals surface area (Å²) in [5.41, 5.74) is 1.29. The highest BCUT2D eigenvalue weighted by Crippen LogP contribution is 2.26. The Labute approximate surface area is 133 Å². The number of hydrogen-bond acceptors (Lipinski definition) is 2. The van der Waals surface area contributed by atoms with E-state index in [4.69, 9.17) is 4.74 Å². The van der Waals surface area contributed by atoms with Gasteiger partial charge in [-0.2, -0.15) is 0 Å². The van der Waals surface area contributed by atoms with Crippen molar-refractivity contribution in [1.82, 2.24) is 5.32 Å². The maximum atomic E-state index is 5.55. The maximum absolute atomic E-state index is 5.55. The Bertz CT molecular complexity index is 371. The second-order valence-electron chi connectivity index (χ2n) is 4.66. The molecule has 108 valence electrons. The molecule has 1 rings (SSSR count). The lowest BCUT2D eigenvalue weighted by Gasteiger charge is -2.16. The summed E-state index contributed by atoms with van der Waals surface area (Å²) in [5, 5.41) is 3.52. The van der Waals surface area contributed by atoms with Gasteiger partial charge in [0.15, 0.2) is 0 Å². The third kappa shape index (κ3) is 6.89. The van der Waals surface area contributed by atoms with Gasteiger partial charge in [0.2, 0.25) is 0 Å². The van der Waals surface area contributed by atoms with Gasteiger partial charge in [0, 0.05) is 28.2 Å². The Balaban J connectivity index is 2.22. The van der Waals surface area contributed by atoms with Crippen molar-refractivity contribution < 1.29 is 4.74 Å². The molecule has 0 aromatic heterocycles. The lowest BCUT2D eigenvalue weighted by Crippen LogP contribution is -2.21. The molecule has 1 atom stereocenters. The van der Waals surface area contributed by atoms with Crippen molar-refractivity contribution in [1.29, 1.82) is 0 Å². The molecule has 1 aromatic carbocycles. The van der Waals surface area contributed by atoms with Crippen molar-refractivity contribution >= 4 is 31.9 Å². The van der Waals surface area contributed by atoms with Crippen molar-refractivity contribution in [2.45, 2.75) is 39.2 Å². The molecule has 0 fully saturated rings. The van der Waals surface area contributed by atoms with E-state index in [0.29, 0.717) is 6.04 Å². The molecule has 0 bridgehead atoms. The summed E-state index contributed by atoms with van der Waals surface area (Å²) in [4.78, 5) is 0. The first kappa shape index (κ1) is 17.2. The summed E-state index contributed by atoms with van der Waals surface area (Å²) in [6.45, 7) is 7.09. The largest absolute Gasteiger partial charge is 0.381 e. The van der Waals surface area contributed by atoms with E-state index in [-0.39, 0.29) is 0 Å². The van der Waals surface area contributed by atoms with E-state index < -0.39 is 0 Å². The Kier molecular flexibility index (Phi) is 8.95. The second kappa shape index (κ2) is 9.92.